The number of nitriles is 1. The van der Waals surface area contributed by atoms with Crippen molar-refractivity contribution in [1.82, 2.24) is 4.90 Å². The van der Waals surface area contributed by atoms with E-state index in [1.54, 1.807) is 24.1 Å². The van der Waals surface area contributed by atoms with E-state index < -0.39 is 0 Å². The molecule has 0 saturated carbocycles. The second-order valence-electron chi connectivity index (χ2n) is 5.82. The summed E-state index contributed by atoms with van der Waals surface area (Å²) in [5.74, 6) is 0.511. The predicted octanol–water partition coefficient (Wildman–Crippen LogP) is 3.47. The molecule has 0 unspecified atom stereocenters. The number of aliphatic imine (C=N–C) groups is 1. The molecule has 1 aliphatic heterocycles. The van der Waals surface area contributed by atoms with Crippen LogP contribution >= 0.6 is 0 Å². The number of carbonyl (C=O) groups is 1. The van der Waals surface area contributed by atoms with Gasteiger partial charge in [-0.25, -0.2) is 4.79 Å². The van der Waals surface area contributed by atoms with Crippen molar-refractivity contribution in [3.05, 3.63) is 60.4 Å². The molecule has 1 amide bonds. The molecule has 0 atom stereocenters. The van der Waals surface area contributed by atoms with Gasteiger partial charge in [-0.1, -0.05) is 36.9 Å². The predicted molar refractivity (Wildman–Crippen MR) is 99.6 cm³/mol. The lowest BCUT2D eigenvalue weighted by Gasteiger charge is -2.31. The van der Waals surface area contributed by atoms with E-state index in [1.807, 2.05) is 36.4 Å². The average molecular weight is 353 g/mol. The minimum absolute atomic E-state index is 0.0331. The molecule has 136 valence electrons. The molecule has 1 aromatic carbocycles. The maximum atomic E-state index is 12.2. The van der Waals surface area contributed by atoms with Crippen LogP contribution in [0, 0.1) is 11.3 Å². The Bertz CT molecular complexity index is 712. The van der Waals surface area contributed by atoms with Crippen molar-refractivity contribution in [3.8, 4) is 6.07 Å². The number of carbonyl (C=O) groups excluding carboxylic acids is 1. The van der Waals surface area contributed by atoms with Crippen LogP contribution in [0.1, 0.15) is 18.4 Å². The molecule has 6 nitrogen and oxygen atoms in total. The summed E-state index contributed by atoms with van der Waals surface area (Å²) in [4.78, 5) is 17.7. The molecule has 1 aromatic rings. The minimum atomic E-state index is -0.309. The van der Waals surface area contributed by atoms with Gasteiger partial charge in [-0.2, -0.15) is 5.26 Å². The number of piperidine rings is 1. The number of allylic oxidation sites excluding steroid dienone is 2. The first-order valence-electron chi connectivity index (χ1n) is 8.49. The summed E-state index contributed by atoms with van der Waals surface area (Å²) in [5.41, 5.74) is 1.24. The van der Waals surface area contributed by atoms with Gasteiger partial charge in [-0.05, 0) is 11.6 Å². The molecule has 6 heteroatoms. The van der Waals surface area contributed by atoms with E-state index in [9.17, 15) is 4.79 Å². The average Bonchev–Trinajstić information content (AvgIpc) is 2.70. The fraction of sp³-hybridized carbons (Fsp3) is 0.350. The largest absolute Gasteiger partial charge is 0.490 e. The van der Waals surface area contributed by atoms with Crippen molar-refractivity contribution in [1.29, 1.82) is 5.26 Å². The maximum absolute atomic E-state index is 12.2. The van der Waals surface area contributed by atoms with Crippen LogP contribution in [0.2, 0.25) is 0 Å². The minimum Gasteiger partial charge on any atom is -0.490 e. The van der Waals surface area contributed by atoms with Crippen molar-refractivity contribution in [2.45, 2.75) is 25.6 Å². The first-order valence-corrected chi connectivity index (χ1v) is 8.49. The fourth-order valence-electron chi connectivity index (χ4n) is 2.58. The van der Waals surface area contributed by atoms with Gasteiger partial charge in [0.25, 0.3) is 0 Å². The Balaban J connectivity index is 1.80. The third kappa shape index (κ3) is 5.78. The lowest BCUT2D eigenvalue weighted by atomic mass is 10.1. The normalized spacial score (nSPS) is 15.9. The summed E-state index contributed by atoms with van der Waals surface area (Å²) < 4.78 is 11.2. The van der Waals surface area contributed by atoms with Gasteiger partial charge in [0.05, 0.1) is 0 Å². The highest BCUT2D eigenvalue weighted by atomic mass is 16.6. The van der Waals surface area contributed by atoms with E-state index in [0.717, 1.165) is 5.56 Å². The molecule has 0 aliphatic carbocycles. The molecule has 1 heterocycles. The summed E-state index contributed by atoms with van der Waals surface area (Å²) >= 11 is 0. The Labute approximate surface area is 154 Å². The van der Waals surface area contributed by atoms with E-state index in [2.05, 4.69) is 11.6 Å². The molecular formula is C20H23N3O3. The van der Waals surface area contributed by atoms with Gasteiger partial charge in [-0.15, -0.1) is 0 Å². The fourth-order valence-corrected chi connectivity index (χ4v) is 2.58. The molecule has 26 heavy (non-hydrogen) atoms. The zero-order chi connectivity index (χ0) is 18.8. The highest BCUT2D eigenvalue weighted by molar-refractivity contribution is 6.07. The number of ether oxygens (including phenoxy) is 2. The number of likely N-dealkylation sites (tertiary alicyclic amines) is 1. The number of hydrogen-bond donors (Lipinski definition) is 0. The maximum Gasteiger partial charge on any atom is 0.410 e. The second-order valence-corrected chi connectivity index (χ2v) is 5.82. The van der Waals surface area contributed by atoms with Gasteiger partial charge in [0.15, 0.2) is 0 Å². The molecule has 0 N–H and O–H groups in total. The van der Waals surface area contributed by atoms with Crippen LogP contribution < -0.4 is 0 Å². The first kappa shape index (κ1) is 19.3. The van der Waals surface area contributed by atoms with Crippen molar-refractivity contribution in [2.24, 2.45) is 4.99 Å². The van der Waals surface area contributed by atoms with Gasteiger partial charge in [0, 0.05) is 39.1 Å². The summed E-state index contributed by atoms with van der Waals surface area (Å²) in [6, 6.07) is 11.6. The van der Waals surface area contributed by atoms with E-state index >= 15 is 0 Å². The summed E-state index contributed by atoms with van der Waals surface area (Å²) in [6.07, 6.45) is 4.16. The molecule has 1 saturated heterocycles. The zero-order valence-electron chi connectivity index (χ0n) is 14.9. The van der Waals surface area contributed by atoms with Gasteiger partial charge in [-0.3, -0.25) is 4.99 Å². The third-order valence-corrected chi connectivity index (χ3v) is 4.04. The van der Waals surface area contributed by atoms with Crippen LogP contribution in [0.25, 0.3) is 0 Å². The first-order chi connectivity index (χ1) is 12.7. The molecule has 0 bridgehead atoms. The van der Waals surface area contributed by atoms with Crippen LogP contribution in [0.3, 0.4) is 0 Å². The van der Waals surface area contributed by atoms with Gasteiger partial charge in [0.2, 0.25) is 0 Å². The van der Waals surface area contributed by atoms with Crippen molar-refractivity contribution in [2.75, 3.05) is 20.1 Å². The summed E-state index contributed by atoms with van der Waals surface area (Å²) in [7, 11) is 1.55. The van der Waals surface area contributed by atoms with E-state index in [0.29, 0.717) is 31.7 Å². The number of hydrogen-bond acceptors (Lipinski definition) is 5. The van der Waals surface area contributed by atoms with Crippen LogP contribution in [-0.2, 0) is 16.1 Å². The SMILES string of the molecule is C=C/C(=C\C(C#N)=NC)OC1CCN(C(=O)OCc2ccccc2)CC1. The topological polar surface area (TPSA) is 74.9 Å². The Morgan fingerprint density at radius 3 is 2.65 bits per heavy atom. The van der Waals surface area contributed by atoms with E-state index in [-0.39, 0.29) is 24.5 Å². The van der Waals surface area contributed by atoms with Crippen molar-refractivity contribution in [3.63, 3.8) is 0 Å². The van der Waals surface area contributed by atoms with Crippen molar-refractivity contribution >= 4 is 11.8 Å². The van der Waals surface area contributed by atoms with E-state index in [4.69, 9.17) is 14.7 Å². The Morgan fingerprint density at radius 2 is 2.08 bits per heavy atom. The van der Waals surface area contributed by atoms with Gasteiger partial charge < -0.3 is 14.4 Å². The molecule has 1 fully saturated rings. The molecule has 0 radical (unpaired) electrons. The van der Waals surface area contributed by atoms with Crippen LogP contribution in [0.5, 0.6) is 0 Å². The second kappa shape index (κ2) is 10.0. The number of nitrogens with zero attached hydrogens (tertiary/aromatic N) is 3. The monoisotopic (exact) mass is 353 g/mol. The Kier molecular flexibility index (Phi) is 7.44. The Hall–Kier alpha value is -3.07. The van der Waals surface area contributed by atoms with Crippen molar-refractivity contribution < 1.29 is 14.3 Å². The van der Waals surface area contributed by atoms with Gasteiger partial charge >= 0.3 is 6.09 Å². The molecule has 2 rings (SSSR count). The number of rotatable bonds is 6. The smallest absolute Gasteiger partial charge is 0.410 e. The highest BCUT2D eigenvalue weighted by Crippen LogP contribution is 2.18. The van der Waals surface area contributed by atoms with E-state index in [1.165, 1.54) is 0 Å². The summed E-state index contributed by atoms with van der Waals surface area (Å²) in [5, 5.41) is 8.93. The van der Waals surface area contributed by atoms with Crippen LogP contribution in [0.4, 0.5) is 4.79 Å². The molecule has 1 aliphatic rings. The lowest BCUT2D eigenvalue weighted by Crippen LogP contribution is -2.41. The summed E-state index contributed by atoms with van der Waals surface area (Å²) in [6.45, 7) is 5.10. The molecule has 0 aromatic heterocycles. The number of benzene rings is 1. The Morgan fingerprint density at radius 1 is 1.38 bits per heavy atom. The standard InChI is InChI=1S/C20H23N3O3/c1-3-18(13-17(14-21)22-2)26-19-9-11-23(12-10-19)20(24)25-15-16-7-5-4-6-8-16/h3-8,13,19H,1,9-12,15H2,2H3/b18-13+,22-17?. The lowest BCUT2D eigenvalue weighted by molar-refractivity contribution is 0.0418. The third-order valence-electron chi connectivity index (χ3n) is 4.04. The highest BCUT2D eigenvalue weighted by Gasteiger charge is 2.25. The quantitative estimate of drug-likeness (QED) is 0.446. The van der Waals surface area contributed by atoms with Crippen LogP contribution in [-0.4, -0.2) is 42.9 Å². The molecule has 0 spiro atoms. The van der Waals surface area contributed by atoms with Crippen LogP contribution in [0.15, 0.2) is 59.8 Å². The zero-order valence-corrected chi connectivity index (χ0v) is 14.9. The molecular weight excluding hydrogens is 330 g/mol. The van der Waals surface area contributed by atoms with Gasteiger partial charge in [0.1, 0.15) is 30.3 Å². The number of amides is 1.